The second-order valence-corrected chi connectivity index (χ2v) is 7.83. The molecule has 0 saturated carbocycles. The van der Waals surface area contributed by atoms with Crippen LogP contribution in [0, 0.1) is 5.41 Å². The quantitative estimate of drug-likeness (QED) is 0.801. The molecule has 0 unspecified atom stereocenters. The fourth-order valence-electron chi connectivity index (χ4n) is 3.56. The molecule has 6 heteroatoms. The summed E-state index contributed by atoms with van der Waals surface area (Å²) < 4.78 is 17.3. The Labute approximate surface area is 145 Å². The van der Waals surface area contributed by atoms with E-state index >= 15 is 0 Å². The number of rotatable bonds is 1. The smallest absolute Gasteiger partial charge is 0.341 e. The van der Waals surface area contributed by atoms with E-state index in [0.29, 0.717) is 36.5 Å². The highest BCUT2D eigenvalue weighted by Crippen LogP contribution is 2.40. The van der Waals surface area contributed by atoms with Crippen molar-refractivity contribution in [1.29, 1.82) is 0 Å². The fraction of sp³-hybridized carbons (Fsp3) is 0.526. The molecule has 1 saturated heterocycles. The molecule has 2 aliphatic heterocycles. The lowest BCUT2D eigenvalue weighted by Gasteiger charge is -2.35. The number of phenolic OH excluding ortho intramolecular Hbond substituents is 1. The molecule has 2 aliphatic rings. The first-order chi connectivity index (χ1) is 11.9. The van der Waals surface area contributed by atoms with Crippen LogP contribution in [0.1, 0.15) is 36.8 Å². The minimum absolute atomic E-state index is 0.0215. The van der Waals surface area contributed by atoms with Gasteiger partial charge in [-0.15, -0.1) is 0 Å². The standard InChI is InChI=1S/C19H23NO5/c1-19(2)9-23-18(24-10-19)15-14(21)5-4-12-11-6-7-20(3)8-13(11)17(22)25-16(12)15/h4-5,18,21H,6-10H2,1-3H3. The van der Waals surface area contributed by atoms with Gasteiger partial charge in [0.1, 0.15) is 5.75 Å². The molecule has 25 heavy (non-hydrogen) atoms. The third kappa shape index (κ3) is 2.84. The van der Waals surface area contributed by atoms with Crippen molar-refractivity contribution in [3.05, 3.63) is 39.2 Å². The molecule has 1 aromatic heterocycles. The average Bonchev–Trinajstić information content (AvgIpc) is 2.56. The first-order valence-electron chi connectivity index (χ1n) is 8.58. The molecule has 0 radical (unpaired) electrons. The predicted molar refractivity (Wildman–Crippen MR) is 92.6 cm³/mol. The van der Waals surface area contributed by atoms with Gasteiger partial charge in [-0.1, -0.05) is 13.8 Å². The summed E-state index contributed by atoms with van der Waals surface area (Å²) in [6, 6.07) is 3.44. The lowest BCUT2D eigenvalue weighted by molar-refractivity contribution is -0.226. The minimum Gasteiger partial charge on any atom is -0.507 e. The van der Waals surface area contributed by atoms with E-state index in [9.17, 15) is 9.90 Å². The summed E-state index contributed by atoms with van der Waals surface area (Å²) in [4.78, 5) is 14.6. The molecule has 0 amide bonds. The van der Waals surface area contributed by atoms with E-state index in [1.165, 1.54) is 0 Å². The lowest BCUT2D eigenvalue weighted by Crippen LogP contribution is -2.34. The van der Waals surface area contributed by atoms with Crippen molar-refractivity contribution in [2.75, 3.05) is 26.8 Å². The third-order valence-electron chi connectivity index (χ3n) is 4.96. The highest BCUT2D eigenvalue weighted by molar-refractivity contribution is 5.86. The van der Waals surface area contributed by atoms with Gasteiger partial charge in [0.05, 0.1) is 24.3 Å². The first-order valence-corrected chi connectivity index (χ1v) is 8.58. The zero-order valence-electron chi connectivity index (χ0n) is 14.8. The van der Waals surface area contributed by atoms with Gasteiger partial charge in [0.15, 0.2) is 11.9 Å². The van der Waals surface area contributed by atoms with Crippen molar-refractivity contribution in [2.24, 2.45) is 5.41 Å². The zero-order chi connectivity index (χ0) is 17.8. The Morgan fingerprint density at radius 3 is 2.64 bits per heavy atom. The van der Waals surface area contributed by atoms with Crippen molar-refractivity contribution in [1.82, 2.24) is 4.90 Å². The van der Waals surface area contributed by atoms with Crippen LogP contribution in [0.25, 0.3) is 11.0 Å². The van der Waals surface area contributed by atoms with Crippen molar-refractivity contribution < 1.29 is 19.0 Å². The van der Waals surface area contributed by atoms with Gasteiger partial charge in [-0.05, 0) is 31.2 Å². The molecule has 1 N–H and O–H groups in total. The highest BCUT2D eigenvalue weighted by atomic mass is 16.7. The minimum atomic E-state index is -0.732. The van der Waals surface area contributed by atoms with Crippen LogP contribution in [0.2, 0.25) is 0 Å². The van der Waals surface area contributed by atoms with Crippen molar-refractivity contribution in [2.45, 2.75) is 33.1 Å². The summed E-state index contributed by atoms with van der Waals surface area (Å²) in [5.41, 5.74) is 2.05. The van der Waals surface area contributed by atoms with E-state index in [1.54, 1.807) is 6.07 Å². The maximum Gasteiger partial charge on any atom is 0.341 e. The number of aromatic hydroxyl groups is 1. The van der Waals surface area contributed by atoms with Gasteiger partial charge in [0.2, 0.25) is 0 Å². The van der Waals surface area contributed by atoms with E-state index in [1.807, 2.05) is 13.1 Å². The van der Waals surface area contributed by atoms with Gasteiger partial charge >= 0.3 is 5.63 Å². The molecule has 0 aliphatic carbocycles. The number of hydrogen-bond acceptors (Lipinski definition) is 6. The molecule has 1 aromatic carbocycles. The first kappa shape index (κ1) is 16.6. The second-order valence-electron chi connectivity index (χ2n) is 7.83. The van der Waals surface area contributed by atoms with Gasteiger partial charge in [0, 0.05) is 23.9 Å². The summed E-state index contributed by atoms with van der Waals surface area (Å²) in [6.45, 7) is 6.58. The Kier molecular flexibility index (Phi) is 3.86. The van der Waals surface area contributed by atoms with Crippen molar-refractivity contribution >= 4 is 11.0 Å². The van der Waals surface area contributed by atoms with Crippen molar-refractivity contribution in [3.63, 3.8) is 0 Å². The van der Waals surface area contributed by atoms with Crippen LogP contribution in [0.5, 0.6) is 5.75 Å². The molecule has 2 aromatic rings. The number of likely N-dealkylation sites (N-methyl/N-ethyl adjacent to an activating group) is 1. The maximum atomic E-state index is 12.5. The lowest BCUT2D eigenvalue weighted by atomic mass is 9.94. The van der Waals surface area contributed by atoms with Gasteiger partial charge in [-0.25, -0.2) is 4.79 Å². The van der Waals surface area contributed by atoms with E-state index in [4.69, 9.17) is 13.9 Å². The Morgan fingerprint density at radius 1 is 1.20 bits per heavy atom. The Hall–Kier alpha value is -1.89. The molecule has 0 spiro atoms. The Balaban J connectivity index is 1.87. The van der Waals surface area contributed by atoms with Crippen LogP contribution in [0.15, 0.2) is 21.3 Å². The van der Waals surface area contributed by atoms with Gasteiger partial charge in [0.25, 0.3) is 0 Å². The van der Waals surface area contributed by atoms with Gasteiger partial charge < -0.3 is 23.9 Å². The summed E-state index contributed by atoms with van der Waals surface area (Å²) in [5.74, 6) is 0.0215. The normalized spacial score (nSPS) is 21.4. The molecule has 4 rings (SSSR count). The number of phenols is 1. The third-order valence-corrected chi connectivity index (χ3v) is 4.96. The fourth-order valence-corrected chi connectivity index (χ4v) is 3.56. The number of nitrogens with zero attached hydrogens (tertiary/aromatic N) is 1. The maximum absolute atomic E-state index is 12.5. The SMILES string of the molecule is CN1CCc2c(c(=O)oc3c(C4OCC(C)(C)CO4)c(O)ccc23)C1. The van der Waals surface area contributed by atoms with Gasteiger partial charge in [-0.3, -0.25) is 0 Å². The molecule has 0 bridgehead atoms. The van der Waals surface area contributed by atoms with Crippen LogP contribution < -0.4 is 5.63 Å². The predicted octanol–water partition coefficient (Wildman–Crippen LogP) is 2.56. The molecule has 6 nitrogen and oxygen atoms in total. The average molecular weight is 345 g/mol. The van der Waals surface area contributed by atoms with Crippen molar-refractivity contribution in [3.8, 4) is 5.75 Å². The number of ether oxygens (including phenoxy) is 2. The summed E-state index contributed by atoms with van der Waals surface area (Å²) >= 11 is 0. The Morgan fingerprint density at radius 2 is 1.92 bits per heavy atom. The number of benzene rings is 1. The molecular weight excluding hydrogens is 322 g/mol. The van der Waals surface area contributed by atoms with E-state index in [2.05, 4.69) is 18.7 Å². The molecule has 1 fully saturated rings. The molecule has 134 valence electrons. The van der Waals surface area contributed by atoms with E-state index in [-0.39, 0.29) is 16.8 Å². The Bertz CT molecular complexity index is 875. The molecule has 3 heterocycles. The molecule has 0 atom stereocenters. The summed E-state index contributed by atoms with van der Waals surface area (Å²) in [7, 11) is 1.99. The van der Waals surface area contributed by atoms with Crippen LogP contribution in [0.4, 0.5) is 0 Å². The van der Waals surface area contributed by atoms with Gasteiger partial charge in [-0.2, -0.15) is 0 Å². The summed E-state index contributed by atoms with van der Waals surface area (Å²) in [6.07, 6.45) is 0.0431. The number of fused-ring (bicyclic) bond motifs is 3. The topological polar surface area (TPSA) is 72.1 Å². The zero-order valence-corrected chi connectivity index (χ0v) is 14.8. The second kappa shape index (κ2) is 5.83. The number of hydrogen-bond donors (Lipinski definition) is 1. The van der Waals surface area contributed by atoms with Crippen LogP contribution in [0.3, 0.4) is 0 Å². The van der Waals surface area contributed by atoms with E-state index < -0.39 is 6.29 Å². The highest BCUT2D eigenvalue weighted by Gasteiger charge is 2.33. The summed E-state index contributed by atoms with van der Waals surface area (Å²) in [5, 5.41) is 11.3. The van der Waals surface area contributed by atoms with Crippen LogP contribution in [-0.2, 0) is 22.4 Å². The largest absolute Gasteiger partial charge is 0.507 e. The monoisotopic (exact) mass is 345 g/mol. The van der Waals surface area contributed by atoms with Crippen LogP contribution in [-0.4, -0.2) is 36.8 Å². The van der Waals surface area contributed by atoms with E-state index in [0.717, 1.165) is 23.9 Å². The molecular formula is C19H23NO5. The van der Waals surface area contributed by atoms with Crippen LogP contribution >= 0.6 is 0 Å².